The van der Waals surface area contributed by atoms with E-state index in [4.69, 9.17) is 9.84 Å². The summed E-state index contributed by atoms with van der Waals surface area (Å²) in [6.45, 7) is 0. The Morgan fingerprint density at radius 1 is 0.909 bits per heavy atom. The summed E-state index contributed by atoms with van der Waals surface area (Å²) < 4.78 is 4.97. The van der Waals surface area contributed by atoms with Crippen molar-refractivity contribution in [2.24, 2.45) is 0 Å². The van der Waals surface area contributed by atoms with Crippen molar-refractivity contribution in [3.8, 4) is 0 Å². The van der Waals surface area contributed by atoms with Crippen molar-refractivity contribution in [1.29, 1.82) is 0 Å². The Morgan fingerprint density at radius 3 is 1.77 bits per heavy atom. The van der Waals surface area contributed by atoms with Gasteiger partial charge in [0.15, 0.2) is 0 Å². The summed E-state index contributed by atoms with van der Waals surface area (Å²) in [5, 5.41) is 8.81. The van der Waals surface area contributed by atoms with Crippen LogP contribution in [0.3, 0.4) is 0 Å². The summed E-state index contributed by atoms with van der Waals surface area (Å²) in [6, 6.07) is 21.0. The molecule has 0 unspecified atom stereocenters. The average Bonchev–Trinajstić information content (AvgIpc) is 2.57. The first-order valence-corrected chi connectivity index (χ1v) is 7.71. The highest BCUT2D eigenvalue weighted by Crippen LogP contribution is 2.45. The minimum atomic E-state index is -1.17. The second-order valence-electron chi connectivity index (χ2n) is 5.90. The van der Waals surface area contributed by atoms with Crippen LogP contribution in [0.1, 0.15) is 36.8 Å². The van der Waals surface area contributed by atoms with Gasteiger partial charge >= 0.3 is 6.16 Å². The zero-order valence-electron chi connectivity index (χ0n) is 12.4. The first-order valence-electron chi connectivity index (χ1n) is 7.71. The Bertz CT molecular complexity index is 572. The van der Waals surface area contributed by atoms with Crippen LogP contribution in [0.15, 0.2) is 60.7 Å². The summed E-state index contributed by atoms with van der Waals surface area (Å²) >= 11 is 0. The number of rotatable bonds is 3. The lowest BCUT2D eigenvalue weighted by Gasteiger charge is -2.40. The van der Waals surface area contributed by atoms with Crippen molar-refractivity contribution in [1.82, 2.24) is 0 Å². The van der Waals surface area contributed by atoms with Crippen LogP contribution in [0, 0.1) is 0 Å². The number of hydrogen-bond donors (Lipinski definition) is 1. The largest absolute Gasteiger partial charge is 0.506 e. The van der Waals surface area contributed by atoms with E-state index in [-0.39, 0.29) is 11.5 Å². The quantitative estimate of drug-likeness (QED) is 0.841. The maximum atomic E-state index is 10.7. The normalized spacial score (nSPS) is 17.8. The van der Waals surface area contributed by atoms with Crippen molar-refractivity contribution in [2.45, 2.75) is 37.2 Å². The molecule has 1 fully saturated rings. The number of benzene rings is 2. The Labute approximate surface area is 130 Å². The van der Waals surface area contributed by atoms with Gasteiger partial charge in [0.05, 0.1) is 0 Å². The predicted octanol–water partition coefficient (Wildman–Crippen LogP) is 4.61. The van der Waals surface area contributed by atoms with Crippen molar-refractivity contribution < 1.29 is 14.6 Å². The highest BCUT2D eigenvalue weighted by molar-refractivity contribution is 5.57. The SMILES string of the molecule is O=C(O)OC1CCC(c2ccccc2)(c2ccccc2)CC1. The molecule has 0 radical (unpaired) electrons. The van der Waals surface area contributed by atoms with Crippen LogP contribution in [0.5, 0.6) is 0 Å². The number of ether oxygens (including phenoxy) is 1. The highest BCUT2D eigenvalue weighted by Gasteiger charge is 2.39. The molecule has 0 amide bonds. The molecular formula is C19H20O3. The molecule has 0 aliphatic heterocycles. The molecule has 2 aromatic rings. The molecule has 3 nitrogen and oxygen atoms in total. The van der Waals surface area contributed by atoms with Gasteiger partial charge in [-0.2, -0.15) is 0 Å². The zero-order valence-corrected chi connectivity index (χ0v) is 12.4. The van der Waals surface area contributed by atoms with E-state index in [9.17, 15) is 4.79 Å². The lowest BCUT2D eigenvalue weighted by atomic mass is 9.65. The summed E-state index contributed by atoms with van der Waals surface area (Å²) in [4.78, 5) is 10.7. The fourth-order valence-corrected chi connectivity index (χ4v) is 3.60. The monoisotopic (exact) mass is 296 g/mol. The maximum Gasteiger partial charge on any atom is 0.506 e. The summed E-state index contributed by atoms with van der Waals surface area (Å²) in [7, 11) is 0. The third-order valence-electron chi connectivity index (χ3n) is 4.71. The van der Waals surface area contributed by atoms with Crippen LogP contribution in [0.2, 0.25) is 0 Å². The summed E-state index contributed by atoms with van der Waals surface area (Å²) in [6.07, 6.45) is 1.97. The minimum absolute atomic E-state index is 0.0408. The first kappa shape index (κ1) is 14.6. The predicted molar refractivity (Wildman–Crippen MR) is 85.0 cm³/mol. The molecule has 0 saturated heterocycles. The zero-order chi connectivity index (χ0) is 15.4. The molecule has 22 heavy (non-hydrogen) atoms. The number of carbonyl (C=O) groups is 1. The third kappa shape index (κ3) is 2.84. The summed E-state index contributed by atoms with van der Waals surface area (Å²) in [5.41, 5.74) is 2.56. The number of carboxylic acid groups (broad SMARTS) is 1. The summed E-state index contributed by atoms with van der Waals surface area (Å²) in [5.74, 6) is 0. The van der Waals surface area contributed by atoms with Gasteiger partial charge in [0, 0.05) is 5.41 Å². The Morgan fingerprint density at radius 2 is 1.36 bits per heavy atom. The van der Waals surface area contributed by atoms with E-state index < -0.39 is 6.16 Å². The lowest BCUT2D eigenvalue weighted by molar-refractivity contribution is 0.0274. The van der Waals surface area contributed by atoms with Crippen LogP contribution in [-0.2, 0) is 10.2 Å². The van der Waals surface area contributed by atoms with E-state index >= 15 is 0 Å². The lowest BCUT2D eigenvalue weighted by Crippen LogP contribution is -2.36. The van der Waals surface area contributed by atoms with Crippen molar-refractivity contribution in [3.63, 3.8) is 0 Å². The molecule has 3 rings (SSSR count). The molecule has 0 heterocycles. The second kappa shape index (κ2) is 6.22. The molecule has 0 spiro atoms. The van der Waals surface area contributed by atoms with Gasteiger partial charge in [0.25, 0.3) is 0 Å². The van der Waals surface area contributed by atoms with Gasteiger partial charge < -0.3 is 9.84 Å². The van der Waals surface area contributed by atoms with Crippen molar-refractivity contribution >= 4 is 6.16 Å². The van der Waals surface area contributed by atoms with E-state index in [1.165, 1.54) is 11.1 Å². The molecule has 0 atom stereocenters. The van der Waals surface area contributed by atoms with Crippen LogP contribution in [0.4, 0.5) is 4.79 Å². The molecular weight excluding hydrogens is 276 g/mol. The molecule has 3 heteroatoms. The third-order valence-corrected chi connectivity index (χ3v) is 4.71. The van der Waals surface area contributed by atoms with Crippen molar-refractivity contribution in [3.05, 3.63) is 71.8 Å². The molecule has 114 valence electrons. The van der Waals surface area contributed by atoms with Gasteiger partial charge in [-0.05, 0) is 36.8 Å². The molecule has 1 saturated carbocycles. The van der Waals surface area contributed by atoms with Gasteiger partial charge in [-0.3, -0.25) is 0 Å². The second-order valence-corrected chi connectivity index (χ2v) is 5.90. The van der Waals surface area contributed by atoms with Crippen LogP contribution in [0.25, 0.3) is 0 Å². The van der Waals surface area contributed by atoms with E-state index in [1.807, 2.05) is 12.1 Å². The van der Waals surface area contributed by atoms with Gasteiger partial charge in [0.2, 0.25) is 0 Å². The number of hydrogen-bond acceptors (Lipinski definition) is 2. The first-order chi connectivity index (χ1) is 10.7. The topological polar surface area (TPSA) is 46.5 Å². The fraction of sp³-hybridized carbons (Fsp3) is 0.316. The Hall–Kier alpha value is -2.29. The van der Waals surface area contributed by atoms with Gasteiger partial charge in [0.1, 0.15) is 6.10 Å². The Balaban J connectivity index is 1.92. The maximum absolute atomic E-state index is 10.7. The van der Waals surface area contributed by atoms with Gasteiger partial charge in [-0.25, -0.2) is 4.79 Å². The standard InChI is InChI=1S/C19H20O3/c20-18(21)22-17-11-13-19(14-12-17,15-7-3-1-4-8-15)16-9-5-2-6-10-16/h1-10,17H,11-14H2,(H,20,21). The molecule has 0 bridgehead atoms. The van der Waals surface area contributed by atoms with Crippen molar-refractivity contribution in [2.75, 3.05) is 0 Å². The average molecular weight is 296 g/mol. The van der Waals surface area contributed by atoms with E-state index in [0.29, 0.717) is 0 Å². The highest BCUT2D eigenvalue weighted by atomic mass is 16.7. The van der Waals surface area contributed by atoms with E-state index in [2.05, 4.69) is 48.5 Å². The van der Waals surface area contributed by atoms with Gasteiger partial charge in [-0.1, -0.05) is 60.7 Å². The van der Waals surface area contributed by atoms with Crippen LogP contribution >= 0.6 is 0 Å². The minimum Gasteiger partial charge on any atom is -0.450 e. The van der Waals surface area contributed by atoms with E-state index in [1.54, 1.807) is 0 Å². The fourth-order valence-electron chi connectivity index (χ4n) is 3.60. The van der Waals surface area contributed by atoms with Crippen LogP contribution < -0.4 is 0 Å². The van der Waals surface area contributed by atoms with E-state index in [0.717, 1.165) is 25.7 Å². The van der Waals surface area contributed by atoms with Gasteiger partial charge in [-0.15, -0.1) is 0 Å². The van der Waals surface area contributed by atoms with Crippen LogP contribution in [-0.4, -0.2) is 17.4 Å². The smallest absolute Gasteiger partial charge is 0.450 e. The molecule has 1 aliphatic carbocycles. The molecule has 1 aliphatic rings. The molecule has 0 aromatic heterocycles. The molecule has 1 N–H and O–H groups in total. The Kier molecular flexibility index (Phi) is 4.14. The molecule has 2 aromatic carbocycles.